The third-order valence-corrected chi connectivity index (χ3v) is 5.72. The van der Waals surface area contributed by atoms with Crippen molar-refractivity contribution in [1.82, 2.24) is 4.90 Å². The lowest BCUT2D eigenvalue weighted by Crippen LogP contribution is -2.31. The maximum atomic E-state index is 12.9. The molecule has 0 N–H and O–H groups in total. The van der Waals surface area contributed by atoms with Crippen molar-refractivity contribution in [3.05, 3.63) is 58.8 Å². The summed E-state index contributed by atoms with van der Waals surface area (Å²) < 4.78 is 11.6. The first-order valence-corrected chi connectivity index (χ1v) is 11.1. The average Bonchev–Trinajstić information content (AvgIpc) is 3.18. The predicted octanol–water partition coefficient (Wildman–Crippen LogP) is 7.12. The number of furan rings is 1. The summed E-state index contributed by atoms with van der Waals surface area (Å²) in [7, 11) is 1.65. The van der Waals surface area contributed by atoms with Gasteiger partial charge in [-0.25, -0.2) is 0 Å². The fourth-order valence-corrected chi connectivity index (χ4v) is 4.08. The normalized spacial score (nSPS) is 11.7. The Balaban J connectivity index is 2.11. The monoisotopic (exact) mass is 439 g/mol. The number of nitrogens with zero attached hydrogens (tertiary/aromatic N) is 1. The second kappa shape index (κ2) is 10.1. The number of hydrogen-bond donors (Lipinski definition) is 0. The fraction of sp³-hybridized carbons (Fsp3) is 0.346. The zero-order valence-corrected chi connectivity index (χ0v) is 19.7. The van der Waals surface area contributed by atoms with Gasteiger partial charge in [-0.05, 0) is 56.0 Å². The van der Waals surface area contributed by atoms with Crippen LogP contribution in [0.5, 0.6) is 5.75 Å². The van der Waals surface area contributed by atoms with Crippen LogP contribution < -0.4 is 4.74 Å². The zero-order chi connectivity index (χ0) is 22.5. The largest absolute Gasteiger partial charge is 0.496 e. The van der Waals surface area contributed by atoms with Gasteiger partial charge >= 0.3 is 0 Å². The fourth-order valence-electron chi connectivity index (χ4n) is 3.95. The predicted molar refractivity (Wildman–Crippen MR) is 129 cm³/mol. The highest BCUT2D eigenvalue weighted by Gasteiger charge is 2.19. The third kappa shape index (κ3) is 4.80. The Morgan fingerprint density at radius 2 is 1.81 bits per heavy atom. The molecule has 2 aromatic carbocycles. The number of fused-ring (bicyclic) bond motifs is 1. The van der Waals surface area contributed by atoms with Crippen molar-refractivity contribution >= 4 is 34.1 Å². The Morgan fingerprint density at radius 1 is 1.16 bits per heavy atom. The number of amides is 1. The molecule has 31 heavy (non-hydrogen) atoms. The minimum Gasteiger partial charge on any atom is -0.496 e. The average molecular weight is 440 g/mol. The number of benzene rings is 2. The van der Waals surface area contributed by atoms with Crippen molar-refractivity contribution in [2.75, 3.05) is 20.2 Å². The number of carbonyl (C=O) groups excluding carboxylic acids is 1. The molecular weight excluding hydrogens is 410 g/mol. The standard InChI is InChI=1S/C26H30ClNO3/c1-6-12-28(13-7-2)24(29)14-17(3)21-15-22-23(19-8-10-20(27)11-9-19)16-31-26(22)18(4)25(21)30-5/h8-11,14-16H,6-7,12-13H2,1-5H3/b17-14+. The Kier molecular flexibility index (Phi) is 7.45. The molecule has 0 bridgehead atoms. The number of ether oxygens (including phenoxy) is 1. The quantitative estimate of drug-likeness (QED) is 0.351. The van der Waals surface area contributed by atoms with E-state index in [1.54, 1.807) is 19.4 Å². The van der Waals surface area contributed by atoms with Gasteiger partial charge in [-0.3, -0.25) is 4.79 Å². The van der Waals surface area contributed by atoms with E-state index >= 15 is 0 Å². The summed E-state index contributed by atoms with van der Waals surface area (Å²) in [6.45, 7) is 9.63. The summed E-state index contributed by atoms with van der Waals surface area (Å²) in [6, 6.07) is 9.74. The zero-order valence-electron chi connectivity index (χ0n) is 18.9. The van der Waals surface area contributed by atoms with Gasteiger partial charge in [0, 0.05) is 46.3 Å². The Labute approximate surface area is 189 Å². The second-order valence-electron chi connectivity index (χ2n) is 7.77. The molecule has 0 aliphatic heterocycles. The number of allylic oxidation sites excluding steroid dienone is 1. The number of hydrogen-bond acceptors (Lipinski definition) is 3. The van der Waals surface area contributed by atoms with Crippen LogP contribution in [-0.2, 0) is 4.79 Å². The molecule has 4 nitrogen and oxygen atoms in total. The van der Waals surface area contributed by atoms with Crippen LogP contribution in [0.4, 0.5) is 0 Å². The number of methoxy groups -OCH3 is 1. The first-order chi connectivity index (χ1) is 14.9. The Bertz CT molecular complexity index is 1090. The van der Waals surface area contributed by atoms with Crippen LogP contribution >= 0.6 is 11.6 Å². The molecular formula is C26H30ClNO3. The summed E-state index contributed by atoms with van der Waals surface area (Å²) in [5, 5.41) is 1.67. The number of halogens is 1. The molecule has 1 heterocycles. The molecule has 0 unspecified atom stereocenters. The van der Waals surface area contributed by atoms with Gasteiger partial charge in [0.2, 0.25) is 5.91 Å². The van der Waals surface area contributed by atoms with E-state index in [0.29, 0.717) is 5.02 Å². The molecule has 0 radical (unpaired) electrons. The van der Waals surface area contributed by atoms with Crippen LogP contribution in [0.2, 0.25) is 5.02 Å². The lowest BCUT2D eigenvalue weighted by Gasteiger charge is -2.20. The van der Waals surface area contributed by atoms with E-state index in [9.17, 15) is 4.79 Å². The van der Waals surface area contributed by atoms with Gasteiger partial charge in [-0.1, -0.05) is 37.6 Å². The van der Waals surface area contributed by atoms with Crippen LogP contribution in [0.1, 0.15) is 44.7 Å². The maximum absolute atomic E-state index is 12.9. The van der Waals surface area contributed by atoms with Gasteiger partial charge in [0.25, 0.3) is 0 Å². The SMILES string of the molecule is CCCN(CCC)C(=O)/C=C(\C)c1cc2c(-c3ccc(Cl)cc3)coc2c(C)c1OC. The Morgan fingerprint density at radius 3 is 2.39 bits per heavy atom. The molecule has 0 aliphatic carbocycles. The van der Waals surface area contributed by atoms with E-state index in [2.05, 4.69) is 19.9 Å². The second-order valence-corrected chi connectivity index (χ2v) is 8.20. The number of carbonyl (C=O) groups is 1. The molecule has 1 amide bonds. The highest BCUT2D eigenvalue weighted by Crippen LogP contribution is 2.40. The van der Waals surface area contributed by atoms with Crippen molar-refractivity contribution < 1.29 is 13.9 Å². The Hall–Kier alpha value is -2.72. The van der Waals surface area contributed by atoms with Gasteiger partial charge in [0.15, 0.2) is 0 Å². The van der Waals surface area contributed by atoms with E-state index in [1.807, 2.05) is 43.0 Å². The van der Waals surface area contributed by atoms with E-state index in [1.165, 1.54) is 0 Å². The van der Waals surface area contributed by atoms with Crippen LogP contribution in [-0.4, -0.2) is 31.0 Å². The minimum absolute atomic E-state index is 0.0334. The summed E-state index contributed by atoms with van der Waals surface area (Å²) in [5.74, 6) is 0.759. The van der Waals surface area contributed by atoms with Crippen molar-refractivity contribution in [2.45, 2.75) is 40.5 Å². The summed E-state index contributed by atoms with van der Waals surface area (Å²) in [6.07, 6.45) is 5.36. The van der Waals surface area contributed by atoms with Gasteiger partial charge in [0.1, 0.15) is 11.3 Å². The topological polar surface area (TPSA) is 42.7 Å². The number of aryl methyl sites for hydroxylation is 1. The van der Waals surface area contributed by atoms with E-state index in [-0.39, 0.29) is 5.91 Å². The van der Waals surface area contributed by atoms with Crippen molar-refractivity contribution in [3.8, 4) is 16.9 Å². The van der Waals surface area contributed by atoms with Crippen molar-refractivity contribution in [2.24, 2.45) is 0 Å². The highest BCUT2D eigenvalue weighted by molar-refractivity contribution is 6.30. The molecule has 5 heteroatoms. The van der Waals surface area contributed by atoms with Gasteiger partial charge < -0.3 is 14.1 Å². The molecule has 3 aromatic rings. The lowest BCUT2D eigenvalue weighted by molar-refractivity contribution is -0.126. The van der Waals surface area contributed by atoms with Gasteiger partial charge in [0.05, 0.1) is 13.4 Å². The molecule has 164 valence electrons. The van der Waals surface area contributed by atoms with Crippen molar-refractivity contribution in [3.63, 3.8) is 0 Å². The smallest absolute Gasteiger partial charge is 0.246 e. The first-order valence-electron chi connectivity index (χ1n) is 10.7. The van der Waals surface area contributed by atoms with Crippen LogP contribution in [0.3, 0.4) is 0 Å². The molecule has 0 aliphatic rings. The maximum Gasteiger partial charge on any atom is 0.246 e. The lowest BCUT2D eigenvalue weighted by atomic mass is 9.96. The summed E-state index contributed by atoms with van der Waals surface area (Å²) >= 11 is 6.06. The van der Waals surface area contributed by atoms with E-state index in [0.717, 1.165) is 70.5 Å². The molecule has 0 spiro atoms. The van der Waals surface area contributed by atoms with Crippen molar-refractivity contribution in [1.29, 1.82) is 0 Å². The molecule has 0 atom stereocenters. The highest BCUT2D eigenvalue weighted by atomic mass is 35.5. The van der Waals surface area contributed by atoms with E-state index in [4.69, 9.17) is 20.8 Å². The molecule has 3 rings (SSSR count). The minimum atomic E-state index is 0.0334. The van der Waals surface area contributed by atoms with Crippen LogP contribution in [0, 0.1) is 6.92 Å². The molecule has 0 saturated carbocycles. The van der Waals surface area contributed by atoms with E-state index < -0.39 is 0 Å². The molecule has 0 saturated heterocycles. The summed E-state index contributed by atoms with van der Waals surface area (Å²) in [5.41, 5.74) is 5.46. The van der Waals surface area contributed by atoms with Gasteiger partial charge in [-0.15, -0.1) is 0 Å². The van der Waals surface area contributed by atoms with Crippen LogP contribution in [0.15, 0.2) is 47.1 Å². The van der Waals surface area contributed by atoms with Gasteiger partial charge in [-0.2, -0.15) is 0 Å². The van der Waals surface area contributed by atoms with Crippen LogP contribution in [0.25, 0.3) is 27.7 Å². The molecule has 0 fully saturated rings. The number of rotatable bonds is 8. The third-order valence-electron chi connectivity index (χ3n) is 5.47. The molecule has 1 aromatic heterocycles. The summed E-state index contributed by atoms with van der Waals surface area (Å²) in [4.78, 5) is 14.8. The first kappa shape index (κ1) is 23.0.